The van der Waals surface area contributed by atoms with Gasteiger partial charge in [-0.1, -0.05) is 30.3 Å². The molecule has 38 heavy (non-hydrogen) atoms. The third-order valence-corrected chi connectivity index (χ3v) is 6.57. The SMILES string of the molecule is COC(=O)C[C@]1(NC(=O)[C@H](C)NC(=O)OCc2ccccc2)O[C@H]([C@@H]2COC(C)(C)O2)[C@@H]2OC(C)(C)O[C@@H]21. The molecule has 210 valence electrons. The predicted octanol–water partition coefficient (Wildman–Crippen LogP) is 1.75. The first-order chi connectivity index (χ1) is 17.8. The minimum atomic E-state index is -1.66. The van der Waals surface area contributed by atoms with Gasteiger partial charge < -0.3 is 43.8 Å². The molecular formula is C26H36N2O10. The molecule has 6 atom stereocenters. The summed E-state index contributed by atoms with van der Waals surface area (Å²) >= 11 is 0. The zero-order chi connectivity index (χ0) is 27.7. The van der Waals surface area contributed by atoms with Gasteiger partial charge in [-0.05, 0) is 40.2 Å². The van der Waals surface area contributed by atoms with E-state index in [4.69, 9.17) is 33.2 Å². The van der Waals surface area contributed by atoms with Crippen molar-refractivity contribution in [2.75, 3.05) is 13.7 Å². The van der Waals surface area contributed by atoms with E-state index in [-0.39, 0.29) is 19.6 Å². The molecule has 0 radical (unpaired) electrons. The Hall–Kier alpha value is -2.77. The fourth-order valence-corrected chi connectivity index (χ4v) is 4.83. The van der Waals surface area contributed by atoms with E-state index in [1.54, 1.807) is 27.7 Å². The molecule has 0 aromatic heterocycles. The molecule has 1 aromatic carbocycles. The highest BCUT2D eigenvalue weighted by atomic mass is 16.8. The first-order valence-corrected chi connectivity index (χ1v) is 12.5. The van der Waals surface area contributed by atoms with Crippen LogP contribution in [0.15, 0.2) is 30.3 Å². The van der Waals surface area contributed by atoms with Crippen molar-refractivity contribution in [3.05, 3.63) is 35.9 Å². The van der Waals surface area contributed by atoms with Crippen molar-refractivity contribution < 1.29 is 47.5 Å². The van der Waals surface area contributed by atoms with E-state index in [0.717, 1.165) is 5.56 Å². The summed E-state index contributed by atoms with van der Waals surface area (Å²) in [4.78, 5) is 38.1. The molecule has 0 bridgehead atoms. The van der Waals surface area contributed by atoms with Crippen molar-refractivity contribution in [1.82, 2.24) is 10.6 Å². The van der Waals surface area contributed by atoms with Crippen LogP contribution < -0.4 is 10.6 Å². The number of esters is 1. The second-order valence-electron chi connectivity index (χ2n) is 10.5. The van der Waals surface area contributed by atoms with Gasteiger partial charge in [0.05, 0.1) is 20.1 Å². The molecule has 1 aromatic rings. The van der Waals surface area contributed by atoms with E-state index in [2.05, 4.69) is 10.6 Å². The molecule has 0 aliphatic carbocycles. The van der Waals surface area contributed by atoms with Crippen molar-refractivity contribution in [3.63, 3.8) is 0 Å². The van der Waals surface area contributed by atoms with Crippen molar-refractivity contribution in [2.24, 2.45) is 0 Å². The quantitative estimate of drug-likeness (QED) is 0.472. The van der Waals surface area contributed by atoms with Crippen molar-refractivity contribution in [2.45, 2.75) is 95.4 Å². The lowest BCUT2D eigenvalue weighted by molar-refractivity contribution is -0.235. The van der Waals surface area contributed by atoms with Crippen LogP contribution in [0.1, 0.15) is 46.6 Å². The predicted molar refractivity (Wildman–Crippen MR) is 130 cm³/mol. The third-order valence-electron chi connectivity index (χ3n) is 6.57. The van der Waals surface area contributed by atoms with Crippen molar-refractivity contribution in [3.8, 4) is 0 Å². The number of alkyl carbamates (subject to hydrolysis) is 1. The molecule has 12 heteroatoms. The molecule has 12 nitrogen and oxygen atoms in total. The van der Waals surface area contributed by atoms with Gasteiger partial charge in [0.2, 0.25) is 5.91 Å². The Morgan fingerprint density at radius 2 is 1.71 bits per heavy atom. The Morgan fingerprint density at radius 1 is 1.00 bits per heavy atom. The van der Waals surface area contributed by atoms with Crippen molar-refractivity contribution in [1.29, 1.82) is 0 Å². The zero-order valence-corrected chi connectivity index (χ0v) is 22.5. The number of fused-ring (bicyclic) bond motifs is 1. The third kappa shape index (κ3) is 6.26. The number of hydrogen-bond acceptors (Lipinski definition) is 10. The number of hydrogen-bond donors (Lipinski definition) is 2. The molecular weight excluding hydrogens is 500 g/mol. The van der Waals surface area contributed by atoms with Crippen LogP contribution in [0.25, 0.3) is 0 Å². The summed E-state index contributed by atoms with van der Waals surface area (Å²) in [6.07, 6.45) is -3.98. The summed E-state index contributed by atoms with van der Waals surface area (Å²) in [7, 11) is 1.24. The summed E-state index contributed by atoms with van der Waals surface area (Å²) in [6.45, 7) is 8.78. The van der Waals surface area contributed by atoms with E-state index >= 15 is 0 Å². The van der Waals surface area contributed by atoms with Gasteiger partial charge in [-0.25, -0.2) is 4.79 Å². The number of carbonyl (C=O) groups excluding carboxylic acids is 3. The number of methoxy groups -OCH3 is 1. The van der Waals surface area contributed by atoms with Gasteiger partial charge in [0.15, 0.2) is 17.3 Å². The van der Waals surface area contributed by atoms with Crippen LogP contribution in [0.3, 0.4) is 0 Å². The Labute approximate surface area is 221 Å². The van der Waals surface area contributed by atoms with Crippen LogP contribution in [0.4, 0.5) is 4.79 Å². The highest BCUT2D eigenvalue weighted by Gasteiger charge is 2.66. The van der Waals surface area contributed by atoms with Crippen LogP contribution in [0.5, 0.6) is 0 Å². The van der Waals surface area contributed by atoms with Gasteiger partial charge in [0, 0.05) is 0 Å². The summed E-state index contributed by atoms with van der Waals surface area (Å²) in [5.74, 6) is -3.12. The molecule has 3 fully saturated rings. The zero-order valence-electron chi connectivity index (χ0n) is 22.5. The topological polar surface area (TPSA) is 140 Å². The molecule has 0 unspecified atom stereocenters. The standard InChI is InChI=1S/C26H36N2O10/c1-15(27-23(31)33-13-16-10-8-7-9-11-16)22(30)28-26(12-18(29)32-6)21-20(36-25(4,5)38-21)19(37-26)17-14-34-24(2,3)35-17/h7-11,15,17,19-21H,12-14H2,1-6H3,(H,27,31)(H,28,30)/t15-,17-,19+,20-,21-,26-/m0/s1. The number of carbonyl (C=O) groups is 3. The maximum atomic E-state index is 13.3. The normalized spacial score (nSPS) is 31.7. The lowest BCUT2D eigenvalue weighted by Crippen LogP contribution is -2.61. The number of nitrogens with one attached hydrogen (secondary N) is 2. The highest BCUT2D eigenvalue weighted by molar-refractivity contribution is 5.86. The molecule has 4 rings (SSSR count). The first-order valence-electron chi connectivity index (χ1n) is 12.5. The lowest BCUT2D eigenvalue weighted by atomic mass is 9.97. The second-order valence-corrected chi connectivity index (χ2v) is 10.5. The number of ether oxygens (including phenoxy) is 7. The summed E-state index contributed by atoms with van der Waals surface area (Å²) in [6, 6.07) is 8.11. The average molecular weight is 537 g/mol. The molecule has 2 N–H and O–H groups in total. The fourth-order valence-electron chi connectivity index (χ4n) is 4.83. The van der Waals surface area contributed by atoms with E-state index in [1.165, 1.54) is 14.0 Å². The lowest BCUT2D eigenvalue weighted by Gasteiger charge is -2.36. The molecule has 0 spiro atoms. The summed E-state index contributed by atoms with van der Waals surface area (Å²) in [5.41, 5.74) is -0.858. The second kappa shape index (κ2) is 10.8. The van der Waals surface area contributed by atoms with Gasteiger partial charge in [-0.2, -0.15) is 0 Å². The molecule has 2 amide bonds. The monoisotopic (exact) mass is 536 g/mol. The largest absolute Gasteiger partial charge is 0.469 e. The van der Waals surface area contributed by atoms with E-state index in [9.17, 15) is 14.4 Å². The van der Waals surface area contributed by atoms with Crippen LogP contribution in [0.2, 0.25) is 0 Å². The Kier molecular flexibility index (Phi) is 8.01. The van der Waals surface area contributed by atoms with E-state index in [0.29, 0.717) is 0 Å². The maximum absolute atomic E-state index is 13.3. The van der Waals surface area contributed by atoms with Crippen LogP contribution in [0, 0.1) is 0 Å². The van der Waals surface area contributed by atoms with Gasteiger partial charge in [-0.3, -0.25) is 9.59 Å². The first kappa shape index (κ1) is 28.2. The van der Waals surface area contributed by atoms with Crippen LogP contribution in [-0.4, -0.2) is 79.4 Å². The molecule has 0 saturated carbocycles. The Bertz CT molecular complexity index is 1030. The summed E-state index contributed by atoms with van der Waals surface area (Å²) < 4.78 is 40.5. The van der Waals surface area contributed by atoms with Gasteiger partial charge in [-0.15, -0.1) is 0 Å². The number of amides is 2. The fraction of sp³-hybridized carbons (Fsp3) is 0.654. The minimum absolute atomic E-state index is 0.0436. The van der Waals surface area contributed by atoms with E-state index < -0.39 is 65.7 Å². The Balaban J connectivity index is 1.50. The maximum Gasteiger partial charge on any atom is 0.408 e. The van der Waals surface area contributed by atoms with Crippen molar-refractivity contribution >= 4 is 18.0 Å². The molecule has 3 heterocycles. The Morgan fingerprint density at radius 3 is 2.34 bits per heavy atom. The van der Waals surface area contributed by atoms with Crippen LogP contribution in [-0.2, 0) is 49.4 Å². The average Bonchev–Trinajstić information content (AvgIpc) is 3.47. The number of benzene rings is 1. The van der Waals surface area contributed by atoms with E-state index in [1.807, 2.05) is 30.3 Å². The number of rotatable bonds is 8. The summed E-state index contributed by atoms with van der Waals surface area (Å²) in [5, 5.41) is 5.29. The molecule has 3 aliphatic rings. The molecule has 3 aliphatic heterocycles. The highest BCUT2D eigenvalue weighted by Crippen LogP contribution is 2.47. The minimum Gasteiger partial charge on any atom is -0.469 e. The van der Waals surface area contributed by atoms with Gasteiger partial charge in [0.1, 0.15) is 37.1 Å². The van der Waals surface area contributed by atoms with Crippen LogP contribution >= 0.6 is 0 Å². The van der Waals surface area contributed by atoms with Gasteiger partial charge >= 0.3 is 12.1 Å². The smallest absolute Gasteiger partial charge is 0.408 e. The molecule has 3 saturated heterocycles. The van der Waals surface area contributed by atoms with Gasteiger partial charge in [0.25, 0.3) is 0 Å².